The molecule has 0 unspecified atom stereocenters. The molecule has 4 nitrogen and oxygen atoms in total. The van der Waals surface area contributed by atoms with E-state index in [1.54, 1.807) is 0 Å². The predicted octanol–water partition coefficient (Wildman–Crippen LogP) is 2.62. The van der Waals surface area contributed by atoms with Crippen molar-refractivity contribution < 1.29 is 19.4 Å². The van der Waals surface area contributed by atoms with E-state index in [1.165, 1.54) is 19.2 Å². The molecule has 0 heterocycles. The van der Waals surface area contributed by atoms with Gasteiger partial charge in [-0.3, -0.25) is 0 Å². The normalized spacial score (nSPS) is 10.3. The fourth-order valence-electron chi connectivity index (χ4n) is 1.17. The van der Waals surface area contributed by atoms with Gasteiger partial charge in [0.25, 0.3) is 0 Å². The van der Waals surface area contributed by atoms with Crippen LogP contribution in [0, 0.1) is 0 Å². The maximum atomic E-state index is 11.2. The zero-order valence-electron chi connectivity index (χ0n) is 9.28. The third kappa shape index (κ3) is 2.58. The van der Waals surface area contributed by atoms with Crippen LogP contribution in [0.4, 0.5) is 0 Å². The Balaban J connectivity index is 3.13. The first-order chi connectivity index (χ1) is 7.47. The van der Waals surface area contributed by atoms with Gasteiger partial charge in [0.15, 0.2) is 5.75 Å². The molecular weight excluding hydrogens is 232 g/mol. The molecule has 88 valence electrons. The summed E-state index contributed by atoms with van der Waals surface area (Å²) >= 11 is 5.86. The second-order valence-corrected chi connectivity index (χ2v) is 3.81. The number of halogens is 1. The van der Waals surface area contributed by atoms with E-state index in [0.717, 1.165) is 0 Å². The zero-order valence-corrected chi connectivity index (χ0v) is 10.0. The van der Waals surface area contributed by atoms with Gasteiger partial charge < -0.3 is 14.6 Å². The zero-order chi connectivity index (χ0) is 12.3. The van der Waals surface area contributed by atoms with Crippen LogP contribution in [0.2, 0.25) is 5.02 Å². The lowest BCUT2D eigenvalue weighted by Gasteiger charge is -2.13. The van der Waals surface area contributed by atoms with Gasteiger partial charge in [0.1, 0.15) is 16.3 Å². The number of aromatic hydroxyl groups is 1. The lowest BCUT2D eigenvalue weighted by atomic mass is 10.2. The van der Waals surface area contributed by atoms with E-state index in [1.807, 2.05) is 13.8 Å². The Labute approximate surface area is 98.7 Å². The van der Waals surface area contributed by atoms with Gasteiger partial charge in [-0.25, -0.2) is 4.79 Å². The van der Waals surface area contributed by atoms with Gasteiger partial charge in [-0.2, -0.15) is 0 Å². The van der Waals surface area contributed by atoms with Crippen LogP contribution in [0.3, 0.4) is 0 Å². The average molecular weight is 245 g/mol. The summed E-state index contributed by atoms with van der Waals surface area (Å²) in [5.41, 5.74) is 0.0172. The maximum absolute atomic E-state index is 11.2. The highest BCUT2D eigenvalue weighted by atomic mass is 35.5. The molecule has 0 aliphatic rings. The van der Waals surface area contributed by atoms with Crippen LogP contribution >= 0.6 is 11.6 Å². The third-order valence-electron chi connectivity index (χ3n) is 1.85. The summed E-state index contributed by atoms with van der Waals surface area (Å²) in [6.45, 7) is 3.67. The number of esters is 1. The molecule has 5 heteroatoms. The molecular formula is C11H13ClO4. The Morgan fingerprint density at radius 3 is 2.56 bits per heavy atom. The Hall–Kier alpha value is -1.42. The fourth-order valence-corrected chi connectivity index (χ4v) is 1.38. The summed E-state index contributed by atoms with van der Waals surface area (Å²) in [5, 5.41) is 9.69. The first-order valence-electron chi connectivity index (χ1n) is 4.73. The number of carbonyl (C=O) groups excluding carboxylic acids is 1. The van der Waals surface area contributed by atoms with Crippen molar-refractivity contribution in [3.8, 4) is 11.5 Å². The van der Waals surface area contributed by atoms with E-state index < -0.39 is 5.97 Å². The van der Waals surface area contributed by atoms with E-state index in [2.05, 4.69) is 4.74 Å². The molecule has 0 atom stereocenters. The van der Waals surface area contributed by atoms with Gasteiger partial charge in [0, 0.05) is 0 Å². The number of carbonyl (C=O) groups is 1. The molecule has 0 saturated heterocycles. The minimum absolute atomic E-state index is 0.0107. The second-order valence-electron chi connectivity index (χ2n) is 3.43. The van der Waals surface area contributed by atoms with Crippen LogP contribution in [0.15, 0.2) is 12.1 Å². The van der Waals surface area contributed by atoms with Gasteiger partial charge in [-0.1, -0.05) is 11.6 Å². The summed E-state index contributed by atoms with van der Waals surface area (Å²) in [6.07, 6.45) is -0.0686. The van der Waals surface area contributed by atoms with Crippen molar-refractivity contribution in [2.24, 2.45) is 0 Å². The van der Waals surface area contributed by atoms with Crippen molar-refractivity contribution in [1.82, 2.24) is 0 Å². The van der Waals surface area contributed by atoms with Crippen molar-refractivity contribution >= 4 is 17.6 Å². The van der Waals surface area contributed by atoms with Crippen molar-refractivity contribution in [1.29, 1.82) is 0 Å². The molecule has 1 rings (SSSR count). The summed E-state index contributed by atoms with van der Waals surface area (Å²) in [4.78, 5) is 11.2. The van der Waals surface area contributed by atoms with Crippen molar-refractivity contribution in [3.05, 3.63) is 22.7 Å². The summed E-state index contributed by atoms with van der Waals surface area (Å²) in [7, 11) is 1.23. The highest BCUT2D eigenvalue weighted by molar-refractivity contribution is 6.34. The van der Waals surface area contributed by atoms with Crippen LogP contribution in [0.25, 0.3) is 0 Å². The lowest BCUT2D eigenvalue weighted by molar-refractivity contribution is 0.0597. The van der Waals surface area contributed by atoms with E-state index in [9.17, 15) is 9.90 Å². The lowest BCUT2D eigenvalue weighted by Crippen LogP contribution is -2.07. The molecule has 1 aromatic carbocycles. The molecule has 0 spiro atoms. The topological polar surface area (TPSA) is 55.8 Å². The smallest absolute Gasteiger partial charge is 0.341 e. The van der Waals surface area contributed by atoms with E-state index in [0.29, 0.717) is 5.75 Å². The molecule has 0 amide bonds. The molecule has 0 bridgehead atoms. The van der Waals surface area contributed by atoms with Crippen LogP contribution in [-0.2, 0) is 4.74 Å². The first-order valence-corrected chi connectivity index (χ1v) is 5.11. The van der Waals surface area contributed by atoms with Gasteiger partial charge in [0.2, 0.25) is 0 Å². The Morgan fingerprint density at radius 1 is 1.44 bits per heavy atom. The number of phenolic OH excluding ortho intramolecular Hbond substituents is 1. The van der Waals surface area contributed by atoms with Gasteiger partial charge in [0.05, 0.1) is 13.2 Å². The molecule has 1 aromatic rings. The Kier molecular flexibility index (Phi) is 4.01. The number of methoxy groups -OCH3 is 1. The first kappa shape index (κ1) is 12.6. The second kappa shape index (κ2) is 5.07. The van der Waals surface area contributed by atoms with Crippen molar-refractivity contribution in [2.75, 3.05) is 7.11 Å². The van der Waals surface area contributed by atoms with Crippen molar-refractivity contribution in [3.63, 3.8) is 0 Å². The number of benzene rings is 1. The number of hydrogen-bond acceptors (Lipinski definition) is 4. The van der Waals surface area contributed by atoms with Crippen LogP contribution in [0.1, 0.15) is 24.2 Å². The van der Waals surface area contributed by atoms with Gasteiger partial charge >= 0.3 is 5.97 Å². The number of rotatable bonds is 3. The van der Waals surface area contributed by atoms with E-state index in [4.69, 9.17) is 16.3 Å². The molecule has 1 N–H and O–H groups in total. The van der Waals surface area contributed by atoms with E-state index in [-0.39, 0.29) is 22.4 Å². The Bertz CT molecular complexity index is 401. The predicted molar refractivity (Wildman–Crippen MR) is 60.2 cm³/mol. The highest BCUT2D eigenvalue weighted by Crippen LogP contribution is 2.36. The molecule has 0 fully saturated rings. The summed E-state index contributed by atoms with van der Waals surface area (Å²) in [6, 6.07) is 2.93. The minimum Gasteiger partial charge on any atom is -0.505 e. The van der Waals surface area contributed by atoms with E-state index >= 15 is 0 Å². The molecule has 0 aliphatic carbocycles. The molecule has 0 radical (unpaired) electrons. The SMILES string of the molecule is COC(=O)c1ccc(OC(C)C)c(Cl)c1O. The molecule has 0 saturated carbocycles. The monoisotopic (exact) mass is 244 g/mol. The fraction of sp³-hybridized carbons (Fsp3) is 0.364. The maximum Gasteiger partial charge on any atom is 0.341 e. The highest BCUT2D eigenvalue weighted by Gasteiger charge is 2.18. The van der Waals surface area contributed by atoms with Crippen LogP contribution in [0.5, 0.6) is 11.5 Å². The number of hydrogen-bond donors (Lipinski definition) is 1. The number of ether oxygens (including phenoxy) is 2. The van der Waals surface area contributed by atoms with Crippen molar-refractivity contribution in [2.45, 2.75) is 20.0 Å². The largest absolute Gasteiger partial charge is 0.505 e. The van der Waals surface area contributed by atoms with Crippen LogP contribution in [-0.4, -0.2) is 24.3 Å². The minimum atomic E-state index is -0.643. The summed E-state index contributed by atoms with van der Waals surface area (Å²) in [5.74, 6) is -0.635. The Morgan fingerprint density at radius 2 is 2.06 bits per heavy atom. The summed E-state index contributed by atoms with van der Waals surface area (Å²) < 4.78 is 9.84. The quantitative estimate of drug-likeness (QED) is 0.831. The standard InChI is InChI=1S/C11H13ClO4/c1-6(2)16-8-5-4-7(11(14)15-3)10(13)9(8)12/h4-6,13H,1-3H3. The van der Waals surface area contributed by atoms with Crippen LogP contribution < -0.4 is 4.74 Å². The third-order valence-corrected chi connectivity index (χ3v) is 2.21. The number of phenols is 1. The average Bonchev–Trinajstić information content (AvgIpc) is 2.23. The van der Waals surface area contributed by atoms with Gasteiger partial charge in [-0.05, 0) is 26.0 Å². The van der Waals surface area contributed by atoms with Gasteiger partial charge in [-0.15, -0.1) is 0 Å². The molecule has 16 heavy (non-hydrogen) atoms. The molecule has 0 aromatic heterocycles. The molecule has 0 aliphatic heterocycles.